The number of halogens is 1. The van der Waals surface area contributed by atoms with Crippen LogP contribution >= 0.6 is 15.9 Å². The van der Waals surface area contributed by atoms with E-state index in [0.717, 1.165) is 10.0 Å². The molecule has 0 fully saturated rings. The molecule has 100 valence electrons. The van der Waals surface area contributed by atoms with Gasteiger partial charge in [-0.15, -0.1) is 0 Å². The zero-order valence-corrected chi connectivity index (χ0v) is 12.3. The van der Waals surface area contributed by atoms with Crippen molar-refractivity contribution >= 4 is 27.7 Å². The average Bonchev–Trinajstić information content (AvgIpc) is 2.71. The van der Waals surface area contributed by atoms with Crippen LogP contribution in [0.3, 0.4) is 0 Å². The molecule has 0 N–H and O–H groups in total. The smallest absolute Gasteiger partial charge is 0.268 e. The Morgan fingerprint density at radius 1 is 1.15 bits per heavy atom. The van der Waals surface area contributed by atoms with E-state index in [1.807, 2.05) is 31.2 Å². The molecule has 0 spiro atoms. The summed E-state index contributed by atoms with van der Waals surface area (Å²) in [5.74, 6) is -0.622. The molecule has 0 radical (unpaired) electrons. The average molecular weight is 331 g/mol. The lowest BCUT2D eigenvalue weighted by Gasteiger charge is -2.22. The number of amides is 2. The van der Waals surface area contributed by atoms with Gasteiger partial charge in [0.05, 0.1) is 11.6 Å². The summed E-state index contributed by atoms with van der Waals surface area (Å²) in [6.45, 7) is 1.84. The third kappa shape index (κ3) is 1.94. The normalized spacial score (nSPS) is 15.4. The van der Waals surface area contributed by atoms with Gasteiger partial charge >= 0.3 is 0 Å². The van der Waals surface area contributed by atoms with Gasteiger partial charge in [-0.25, -0.2) is 0 Å². The minimum Gasteiger partial charge on any atom is -0.268 e. The third-order valence-electron chi connectivity index (χ3n) is 3.40. The quantitative estimate of drug-likeness (QED) is 0.794. The molecule has 2 amide bonds. The molecular formula is C15H11BrN2O2. The van der Waals surface area contributed by atoms with Gasteiger partial charge in [-0.1, -0.05) is 28.1 Å². The topological polar surface area (TPSA) is 50.3 Å². The zero-order chi connectivity index (χ0) is 14.3. The highest BCUT2D eigenvalue weighted by atomic mass is 79.9. The Kier molecular flexibility index (Phi) is 3.14. The van der Waals surface area contributed by atoms with Crippen LogP contribution in [0.5, 0.6) is 0 Å². The Morgan fingerprint density at radius 2 is 1.95 bits per heavy atom. The molecule has 0 bridgehead atoms. The molecule has 3 rings (SSSR count). The van der Waals surface area contributed by atoms with E-state index in [1.165, 1.54) is 11.1 Å². The van der Waals surface area contributed by atoms with Crippen LogP contribution < -0.4 is 0 Å². The molecule has 20 heavy (non-hydrogen) atoms. The van der Waals surface area contributed by atoms with Crippen LogP contribution in [-0.2, 0) is 0 Å². The Bertz CT molecular complexity index is 680. The molecular weight excluding hydrogens is 320 g/mol. The first kappa shape index (κ1) is 13.0. The first-order valence-electron chi connectivity index (χ1n) is 6.18. The van der Waals surface area contributed by atoms with Crippen molar-refractivity contribution in [2.24, 2.45) is 0 Å². The summed E-state index contributed by atoms with van der Waals surface area (Å²) in [7, 11) is 0. The van der Waals surface area contributed by atoms with Gasteiger partial charge in [0.1, 0.15) is 5.69 Å². The van der Waals surface area contributed by atoms with Crippen LogP contribution in [0.25, 0.3) is 0 Å². The number of benzene rings is 1. The second kappa shape index (κ2) is 4.83. The van der Waals surface area contributed by atoms with Crippen LogP contribution in [0.2, 0.25) is 0 Å². The van der Waals surface area contributed by atoms with E-state index < -0.39 is 0 Å². The number of aromatic nitrogens is 1. The zero-order valence-electron chi connectivity index (χ0n) is 10.7. The number of nitrogens with zero attached hydrogens (tertiary/aromatic N) is 2. The maximum Gasteiger partial charge on any atom is 0.280 e. The van der Waals surface area contributed by atoms with Crippen molar-refractivity contribution in [3.8, 4) is 0 Å². The van der Waals surface area contributed by atoms with Gasteiger partial charge in [0.25, 0.3) is 11.8 Å². The molecule has 1 aromatic heterocycles. The maximum atomic E-state index is 12.4. The van der Waals surface area contributed by atoms with E-state index in [2.05, 4.69) is 20.9 Å². The molecule has 4 nitrogen and oxygen atoms in total. The second-order valence-corrected chi connectivity index (χ2v) is 5.53. The minimum absolute atomic E-state index is 0.236. The largest absolute Gasteiger partial charge is 0.280 e. The van der Waals surface area contributed by atoms with Crippen LogP contribution in [0, 0.1) is 0 Å². The minimum atomic E-state index is -0.335. The van der Waals surface area contributed by atoms with Crippen LogP contribution in [0.4, 0.5) is 0 Å². The summed E-state index contributed by atoms with van der Waals surface area (Å²) >= 11 is 3.40. The fourth-order valence-corrected chi connectivity index (χ4v) is 2.77. The number of fused-ring (bicyclic) bond motifs is 1. The Morgan fingerprint density at radius 3 is 2.65 bits per heavy atom. The lowest BCUT2D eigenvalue weighted by atomic mass is 10.1. The predicted octanol–water partition coefficient (Wildman–Crippen LogP) is 3.20. The molecule has 5 heteroatoms. The van der Waals surface area contributed by atoms with Crippen LogP contribution in [0.1, 0.15) is 39.4 Å². The molecule has 0 saturated heterocycles. The highest BCUT2D eigenvalue weighted by molar-refractivity contribution is 9.10. The summed E-state index contributed by atoms with van der Waals surface area (Å²) in [5.41, 5.74) is 1.51. The fraction of sp³-hybridized carbons (Fsp3) is 0.133. The van der Waals surface area contributed by atoms with Gasteiger partial charge in [0, 0.05) is 10.7 Å². The van der Waals surface area contributed by atoms with Crippen LogP contribution in [0.15, 0.2) is 47.1 Å². The van der Waals surface area contributed by atoms with Crippen molar-refractivity contribution < 1.29 is 9.59 Å². The molecule has 1 aliphatic rings. The number of hydrogen-bond donors (Lipinski definition) is 0. The van der Waals surface area contributed by atoms with Gasteiger partial charge < -0.3 is 0 Å². The van der Waals surface area contributed by atoms with E-state index in [4.69, 9.17) is 0 Å². The van der Waals surface area contributed by atoms with Gasteiger partial charge in [-0.2, -0.15) is 0 Å². The number of hydrogen-bond acceptors (Lipinski definition) is 3. The number of carbonyl (C=O) groups is 2. The molecule has 1 atom stereocenters. The van der Waals surface area contributed by atoms with Crippen molar-refractivity contribution in [2.75, 3.05) is 0 Å². The van der Waals surface area contributed by atoms with Crippen molar-refractivity contribution in [3.63, 3.8) is 0 Å². The van der Waals surface area contributed by atoms with E-state index in [1.54, 1.807) is 12.1 Å². The van der Waals surface area contributed by atoms with Crippen molar-refractivity contribution in [1.82, 2.24) is 9.88 Å². The SMILES string of the molecule is CC(c1cccc(Br)c1)N1C(=O)c2cccnc2C1=O. The molecule has 2 aromatic rings. The van der Waals surface area contributed by atoms with Crippen molar-refractivity contribution in [2.45, 2.75) is 13.0 Å². The summed E-state index contributed by atoms with van der Waals surface area (Å²) in [6, 6.07) is 10.6. The molecule has 1 aliphatic heterocycles. The standard InChI is InChI=1S/C15H11BrN2O2/c1-9(10-4-2-5-11(16)8-10)18-14(19)12-6-3-7-17-13(12)15(18)20/h2-9H,1H3. The van der Waals surface area contributed by atoms with Gasteiger partial charge in [0.2, 0.25) is 0 Å². The molecule has 2 heterocycles. The van der Waals surface area contributed by atoms with Gasteiger partial charge in [0.15, 0.2) is 0 Å². The lowest BCUT2D eigenvalue weighted by Crippen LogP contribution is -2.32. The number of carbonyl (C=O) groups excluding carboxylic acids is 2. The molecule has 0 aliphatic carbocycles. The number of imide groups is 1. The summed E-state index contributed by atoms with van der Waals surface area (Å²) in [4.78, 5) is 30.0. The van der Waals surface area contributed by atoms with E-state index >= 15 is 0 Å². The van der Waals surface area contributed by atoms with Gasteiger partial charge in [-0.3, -0.25) is 19.5 Å². The summed E-state index contributed by atoms with van der Waals surface area (Å²) in [5, 5.41) is 0. The predicted molar refractivity (Wildman–Crippen MR) is 77.3 cm³/mol. The Hall–Kier alpha value is -2.01. The van der Waals surface area contributed by atoms with E-state index in [0.29, 0.717) is 5.56 Å². The maximum absolute atomic E-state index is 12.4. The first-order valence-corrected chi connectivity index (χ1v) is 6.97. The van der Waals surface area contributed by atoms with Crippen molar-refractivity contribution in [1.29, 1.82) is 0 Å². The first-order chi connectivity index (χ1) is 9.59. The lowest BCUT2D eigenvalue weighted by molar-refractivity contribution is 0.0593. The molecule has 0 saturated carbocycles. The highest BCUT2D eigenvalue weighted by Gasteiger charge is 2.39. The fourth-order valence-electron chi connectivity index (χ4n) is 2.35. The third-order valence-corrected chi connectivity index (χ3v) is 3.89. The number of rotatable bonds is 2. The summed E-state index contributed by atoms with van der Waals surface area (Å²) < 4.78 is 0.914. The summed E-state index contributed by atoms with van der Waals surface area (Å²) in [6.07, 6.45) is 1.53. The number of pyridine rings is 1. The van der Waals surface area contributed by atoms with Crippen LogP contribution in [-0.4, -0.2) is 21.7 Å². The molecule has 1 unspecified atom stereocenters. The molecule has 1 aromatic carbocycles. The van der Waals surface area contributed by atoms with Gasteiger partial charge in [-0.05, 0) is 36.8 Å². The second-order valence-electron chi connectivity index (χ2n) is 4.61. The monoisotopic (exact) mass is 330 g/mol. The highest BCUT2D eigenvalue weighted by Crippen LogP contribution is 2.30. The van der Waals surface area contributed by atoms with E-state index in [-0.39, 0.29) is 23.6 Å². The van der Waals surface area contributed by atoms with Crippen molar-refractivity contribution in [3.05, 3.63) is 63.9 Å². The Labute approximate surface area is 124 Å². The van der Waals surface area contributed by atoms with E-state index in [9.17, 15) is 9.59 Å². The Balaban J connectivity index is 2.01.